The third-order valence-corrected chi connectivity index (χ3v) is 3.60. The Labute approximate surface area is 158 Å². The van der Waals surface area contributed by atoms with E-state index in [2.05, 4.69) is 14.8 Å². The number of likely N-dealkylation sites (N-methyl/N-ethyl adjacent to an activating group) is 1. The number of hydrogen-bond acceptors (Lipinski definition) is 4. The first-order valence-electron chi connectivity index (χ1n) is 8.49. The molecule has 1 N–H and O–H groups in total. The molecular weight excluding hydrogens is 394 g/mol. The maximum atomic E-state index is 12.4. The number of rotatable bonds is 10. The highest BCUT2D eigenvalue weighted by atomic mass is 19.4. The van der Waals surface area contributed by atoms with Crippen LogP contribution < -0.4 is 14.8 Å². The van der Waals surface area contributed by atoms with Crippen LogP contribution in [0.25, 0.3) is 0 Å². The Morgan fingerprint density at radius 2 is 1.57 bits per heavy atom. The van der Waals surface area contributed by atoms with Crippen LogP contribution in [0.15, 0.2) is 18.2 Å². The van der Waals surface area contributed by atoms with Gasteiger partial charge >= 0.3 is 12.4 Å². The second-order valence-electron chi connectivity index (χ2n) is 5.75. The van der Waals surface area contributed by atoms with Crippen molar-refractivity contribution in [1.82, 2.24) is 10.2 Å². The van der Waals surface area contributed by atoms with Gasteiger partial charge in [0.15, 0.2) is 13.2 Å². The van der Waals surface area contributed by atoms with Crippen molar-refractivity contribution in [3.63, 3.8) is 0 Å². The molecule has 160 valence electrons. The molecule has 0 aliphatic rings. The molecule has 0 aromatic heterocycles. The average molecular weight is 416 g/mol. The van der Waals surface area contributed by atoms with Crippen molar-refractivity contribution < 1.29 is 40.6 Å². The Morgan fingerprint density at radius 3 is 2.11 bits per heavy atom. The molecule has 0 fully saturated rings. The van der Waals surface area contributed by atoms with Crippen molar-refractivity contribution in [3.8, 4) is 11.5 Å². The van der Waals surface area contributed by atoms with E-state index in [0.717, 1.165) is 31.3 Å². The first-order chi connectivity index (χ1) is 12.9. The number of amides is 1. The Bertz CT molecular complexity index is 630. The minimum Gasteiger partial charge on any atom is -0.484 e. The Kier molecular flexibility index (Phi) is 8.86. The standard InChI is InChI=1S/C17H22F6N2O3/c1-3-25(4-2)8-7-24-15(26)13-6-5-12(27-10-16(18,19)20)9-14(13)28-11-17(21,22)23/h5-6,9H,3-4,7-8,10-11H2,1-2H3,(H,24,26). The van der Waals surface area contributed by atoms with Crippen LogP contribution in [0.2, 0.25) is 0 Å². The van der Waals surface area contributed by atoms with E-state index in [1.54, 1.807) is 0 Å². The highest BCUT2D eigenvalue weighted by molar-refractivity contribution is 5.97. The van der Waals surface area contributed by atoms with Crippen molar-refractivity contribution in [2.75, 3.05) is 39.4 Å². The van der Waals surface area contributed by atoms with Crippen LogP contribution in [0.1, 0.15) is 24.2 Å². The largest absolute Gasteiger partial charge is 0.484 e. The number of benzene rings is 1. The molecule has 0 bridgehead atoms. The van der Waals surface area contributed by atoms with Crippen LogP contribution in [0.3, 0.4) is 0 Å². The van der Waals surface area contributed by atoms with Crippen molar-refractivity contribution >= 4 is 5.91 Å². The van der Waals surface area contributed by atoms with Crippen molar-refractivity contribution in [2.24, 2.45) is 0 Å². The molecule has 0 heterocycles. The van der Waals surface area contributed by atoms with Gasteiger partial charge in [-0.3, -0.25) is 4.79 Å². The predicted molar refractivity (Wildman–Crippen MR) is 89.7 cm³/mol. The molecule has 0 saturated carbocycles. The molecule has 5 nitrogen and oxygen atoms in total. The van der Waals surface area contributed by atoms with E-state index in [4.69, 9.17) is 0 Å². The van der Waals surface area contributed by atoms with Gasteiger partial charge in [-0.25, -0.2) is 0 Å². The lowest BCUT2D eigenvalue weighted by Crippen LogP contribution is -2.35. The Balaban J connectivity index is 2.90. The fraction of sp³-hybridized carbons (Fsp3) is 0.588. The maximum Gasteiger partial charge on any atom is 0.422 e. The van der Waals surface area contributed by atoms with Gasteiger partial charge in [0.05, 0.1) is 5.56 Å². The molecule has 0 radical (unpaired) electrons. The predicted octanol–water partition coefficient (Wildman–Crippen LogP) is 3.64. The first-order valence-corrected chi connectivity index (χ1v) is 8.49. The van der Waals surface area contributed by atoms with Gasteiger partial charge in [0, 0.05) is 19.2 Å². The summed E-state index contributed by atoms with van der Waals surface area (Å²) in [5.74, 6) is -1.58. The van der Waals surface area contributed by atoms with Crippen molar-refractivity contribution in [1.29, 1.82) is 0 Å². The van der Waals surface area contributed by atoms with Gasteiger partial charge in [0.25, 0.3) is 5.91 Å². The summed E-state index contributed by atoms with van der Waals surface area (Å²) in [6, 6.07) is 2.95. The molecule has 0 spiro atoms. The summed E-state index contributed by atoms with van der Waals surface area (Å²) in [5.41, 5.74) is -0.233. The molecular formula is C17H22F6N2O3. The highest BCUT2D eigenvalue weighted by Crippen LogP contribution is 2.28. The maximum absolute atomic E-state index is 12.4. The van der Waals surface area contributed by atoms with Crippen LogP contribution >= 0.6 is 0 Å². The Morgan fingerprint density at radius 1 is 1.00 bits per heavy atom. The van der Waals surface area contributed by atoms with Gasteiger partial charge in [-0.2, -0.15) is 26.3 Å². The zero-order valence-corrected chi connectivity index (χ0v) is 15.4. The molecule has 1 amide bonds. The van der Waals surface area contributed by atoms with E-state index in [1.807, 2.05) is 18.7 Å². The van der Waals surface area contributed by atoms with Gasteiger partial charge in [0.2, 0.25) is 0 Å². The lowest BCUT2D eigenvalue weighted by atomic mass is 10.1. The molecule has 1 aromatic rings. The van der Waals surface area contributed by atoms with Crippen LogP contribution in [0.4, 0.5) is 26.3 Å². The molecule has 0 aliphatic carbocycles. The number of carbonyl (C=O) groups excluding carboxylic acids is 1. The second kappa shape index (κ2) is 10.4. The highest BCUT2D eigenvalue weighted by Gasteiger charge is 2.30. The number of hydrogen-bond donors (Lipinski definition) is 1. The van der Waals surface area contributed by atoms with Crippen LogP contribution in [0.5, 0.6) is 11.5 Å². The number of ether oxygens (including phenoxy) is 2. The summed E-state index contributed by atoms with van der Waals surface area (Å²) >= 11 is 0. The Hall–Kier alpha value is -2.17. The van der Waals surface area contributed by atoms with Crippen LogP contribution in [-0.4, -0.2) is 62.6 Å². The summed E-state index contributed by atoms with van der Waals surface area (Å²) in [6.45, 7) is 2.85. The van der Waals surface area contributed by atoms with Crippen LogP contribution in [0, 0.1) is 0 Å². The van der Waals surface area contributed by atoms with Gasteiger partial charge in [-0.15, -0.1) is 0 Å². The quantitative estimate of drug-likeness (QED) is 0.592. The summed E-state index contributed by atoms with van der Waals surface area (Å²) in [5, 5.41) is 2.55. The van der Waals surface area contributed by atoms with E-state index < -0.39 is 37.2 Å². The van der Waals surface area contributed by atoms with Gasteiger partial charge in [-0.1, -0.05) is 13.8 Å². The molecule has 1 rings (SSSR count). The number of alkyl halides is 6. The summed E-state index contributed by atoms with van der Waals surface area (Å²) in [6.07, 6.45) is -9.30. The van der Waals surface area contributed by atoms with Crippen LogP contribution in [-0.2, 0) is 0 Å². The van der Waals surface area contributed by atoms with E-state index in [0.29, 0.717) is 6.54 Å². The van der Waals surface area contributed by atoms with Gasteiger partial charge in [0.1, 0.15) is 11.5 Å². The molecule has 1 aromatic carbocycles. The van der Waals surface area contributed by atoms with Crippen molar-refractivity contribution in [3.05, 3.63) is 23.8 Å². The van der Waals surface area contributed by atoms with Gasteiger partial charge < -0.3 is 19.7 Å². The zero-order valence-electron chi connectivity index (χ0n) is 15.4. The normalized spacial score (nSPS) is 12.2. The lowest BCUT2D eigenvalue weighted by Gasteiger charge is -2.19. The fourth-order valence-electron chi connectivity index (χ4n) is 2.19. The lowest BCUT2D eigenvalue weighted by molar-refractivity contribution is -0.153. The average Bonchev–Trinajstić information content (AvgIpc) is 2.60. The second-order valence-corrected chi connectivity index (χ2v) is 5.75. The summed E-state index contributed by atoms with van der Waals surface area (Å²) in [4.78, 5) is 14.3. The minimum absolute atomic E-state index is 0.233. The SMILES string of the molecule is CCN(CC)CCNC(=O)c1ccc(OCC(F)(F)F)cc1OCC(F)(F)F. The number of halogens is 6. The summed E-state index contributed by atoms with van der Waals surface area (Å²) in [7, 11) is 0. The third kappa shape index (κ3) is 9.16. The number of nitrogens with zero attached hydrogens (tertiary/aromatic N) is 1. The topological polar surface area (TPSA) is 50.8 Å². The van der Waals surface area contributed by atoms with E-state index in [1.165, 1.54) is 0 Å². The van der Waals surface area contributed by atoms with E-state index in [-0.39, 0.29) is 17.9 Å². The molecule has 0 atom stereocenters. The molecule has 28 heavy (non-hydrogen) atoms. The molecule has 11 heteroatoms. The van der Waals surface area contributed by atoms with E-state index in [9.17, 15) is 31.1 Å². The minimum atomic E-state index is -4.68. The summed E-state index contributed by atoms with van der Waals surface area (Å²) < 4.78 is 83.1. The number of nitrogens with one attached hydrogen (secondary N) is 1. The van der Waals surface area contributed by atoms with E-state index >= 15 is 0 Å². The third-order valence-electron chi connectivity index (χ3n) is 3.60. The first kappa shape index (κ1) is 23.9. The number of carbonyl (C=O) groups is 1. The molecule has 0 saturated heterocycles. The molecule has 0 unspecified atom stereocenters. The monoisotopic (exact) mass is 416 g/mol. The fourth-order valence-corrected chi connectivity index (χ4v) is 2.19. The smallest absolute Gasteiger partial charge is 0.422 e. The van der Waals surface area contributed by atoms with Crippen molar-refractivity contribution in [2.45, 2.75) is 26.2 Å². The zero-order chi connectivity index (χ0) is 21.4. The molecule has 0 aliphatic heterocycles. The van der Waals surface area contributed by atoms with Gasteiger partial charge in [-0.05, 0) is 25.2 Å².